The van der Waals surface area contributed by atoms with Crippen LogP contribution in [0.25, 0.3) is 11.2 Å². The first-order valence-corrected chi connectivity index (χ1v) is 8.61. The maximum absolute atomic E-state index is 9.38. The highest BCUT2D eigenvalue weighted by Crippen LogP contribution is 2.49. The van der Waals surface area contributed by atoms with Crippen LogP contribution in [0.4, 0.5) is 5.95 Å². The molecule has 21 heavy (non-hydrogen) atoms. The van der Waals surface area contributed by atoms with Crippen molar-refractivity contribution in [1.29, 1.82) is 0 Å². The lowest BCUT2D eigenvalue weighted by molar-refractivity contribution is 0.182. The molecule has 0 bridgehead atoms. The summed E-state index contributed by atoms with van der Waals surface area (Å²) in [6.45, 7) is 1.27. The molecule has 4 N–H and O–H groups in total. The zero-order chi connectivity index (χ0) is 15.2. The summed E-state index contributed by atoms with van der Waals surface area (Å²) in [7, 11) is -3.27. The SMILES string of the molecule is C[P+](O)(O)O[C@@H]1C=C[C@H](n2cnc3c(Cl)nc(N)nc32)C1. The number of allylic oxidation sites excluding steroid dienone is 1. The van der Waals surface area contributed by atoms with Crippen molar-refractivity contribution < 1.29 is 14.3 Å². The van der Waals surface area contributed by atoms with Crippen molar-refractivity contribution in [1.82, 2.24) is 19.5 Å². The molecule has 0 spiro atoms. The van der Waals surface area contributed by atoms with Gasteiger partial charge in [-0.25, -0.2) is 4.98 Å². The standard InChI is InChI=1S/C11H14ClN5O3P/c1-21(18,19)20-7-3-2-6(4-7)17-5-14-8-9(12)15-11(13)16-10(8)17/h2-3,5-7,18-19H,4H2,1H3,(H2,13,15,16)/q+1/t6-,7+/m0/s1. The van der Waals surface area contributed by atoms with E-state index < -0.39 is 7.94 Å². The second kappa shape index (κ2) is 5.15. The number of anilines is 1. The van der Waals surface area contributed by atoms with Gasteiger partial charge in [0.1, 0.15) is 18.3 Å². The molecule has 2 heterocycles. The molecular formula is C11H14ClN5O3P+. The quantitative estimate of drug-likeness (QED) is 0.441. The number of imidazole rings is 1. The number of nitrogen functional groups attached to an aromatic ring is 1. The summed E-state index contributed by atoms with van der Waals surface area (Å²) in [5.74, 6) is 0.0771. The third-order valence-corrected chi connectivity index (χ3v) is 4.04. The molecular weight excluding hydrogens is 317 g/mol. The van der Waals surface area contributed by atoms with Crippen LogP contribution in [0.2, 0.25) is 5.15 Å². The van der Waals surface area contributed by atoms with Gasteiger partial charge in [-0.05, 0) is 0 Å². The van der Waals surface area contributed by atoms with E-state index in [1.807, 2.05) is 10.6 Å². The maximum Gasteiger partial charge on any atom is 0.403 e. The largest absolute Gasteiger partial charge is 0.403 e. The summed E-state index contributed by atoms with van der Waals surface area (Å²) in [5.41, 5.74) is 6.62. The molecule has 0 radical (unpaired) electrons. The van der Waals surface area contributed by atoms with Crippen molar-refractivity contribution in [2.75, 3.05) is 12.4 Å². The Kier molecular flexibility index (Phi) is 3.59. The van der Waals surface area contributed by atoms with Crippen LogP contribution < -0.4 is 5.73 Å². The third kappa shape index (κ3) is 3.00. The fourth-order valence-electron chi connectivity index (χ4n) is 2.33. The van der Waals surface area contributed by atoms with Crippen LogP contribution in [0, 0.1) is 0 Å². The van der Waals surface area contributed by atoms with Crippen molar-refractivity contribution in [3.05, 3.63) is 23.6 Å². The van der Waals surface area contributed by atoms with Gasteiger partial charge in [0.15, 0.2) is 10.8 Å². The molecule has 1 aliphatic rings. The molecule has 0 saturated heterocycles. The molecule has 0 amide bonds. The highest BCUT2D eigenvalue weighted by molar-refractivity contribution is 7.58. The summed E-state index contributed by atoms with van der Waals surface area (Å²) < 4.78 is 7.01. The molecule has 3 rings (SSSR count). The van der Waals surface area contributed by atoms with E-state index in [9.17, 15) is 9.79 Å². The molecule has 0 aromatic carbocycles. The van der Waals surface area contributed by atoms with Crippen LogP contribution in [-0.2, 0) is 4.52 Å². The zero-order valence-electron chi connectivity index (χ0n) is 11.1. The predicted octanol–water partition coefficient (Wildman–Crippen LogP) is 1.33. The van der Waals surface area contributed by atoms with Crippen LogP contribution in [0.5, 0.6) is 0 Å². The lowest BCUT2D eigenvalue weighted by Gasteiger charge is -2.14. The van der Waals surface area contributed by atoms with Crippen molar-refractivity contribution in [3.8, 4) is 0 Å². The van der Waals surface area contributed by atoms with Gasteiger partial charge in [-0.1, -0.05) is 23.8 Å². The minimum absolute atomic E-state index is 0.0723. The normalized spacial score (nSPS) is 22.3. The van der Waals surface area contributed by atoms with Crippen molar-refractivity contribution >= 4 is 36.7 Å². The summed E-state index contributed by atoms with van der Waals surface area (Å²) in [4.78, 5) is 31.0. The number of nitrogens with two attached hydrogens (primary N) is 1. The van der Waals surface area contributed by atoms with Gasteiger partial charge in [0.25, 0.3) is 0 Å². The molecule has 2 atom stereocenters. The minimum atomic E-state index is -3.27. The van der Waals surface area contributed by atoms with Gasteiger partial charge in [0.05, 0.1) is 12.4 Å². The van der Waals surface area contributed by atoms with E-state index in [1.54, 1.807) is 12.4 Å². The fraction of sp³-hybridized carbons (Fsp3) is 0.364. The topological polar surface area (TPSA) is 119 Å². The van der Waals surface area contributed by atoms with Gasteiger partial charge in [-0.3, -0.25) is 0 Å². The number of fused-ring (bicyclic) bond motifs is 1. The zero-order valence-corrected chi connectivity index (χ0v) is 12.7. The van der Waals surface area contributed by atoms with Crippen molar-refractivity contribution in [3.63, 3.8) is 0 Å². The molecule has 10 heteroatoms. The molecule has 0 aliphatic heterocycles. The Morgan fingerprint density at radius 3 is 2.90 bits per heavy atom. The van der Waals surface area contributed by atoms with Gasteiger partial charge in [0, 0.05) is 6.42 Å². The van der Waals surface area contributed by atoms with E-state index in [0.717, 1.165) is 0 Å². The smallest absolute Gasteiger partial charge is 0.368 e. The highest BCUT2D eigenvalue weighted by Gasteiger charge is 2.35. The van der Waals surface area contributed by atoms with E-state index >= 15 is 0 Å². The number of nitrogens with zero attached hydrogens (tertiary/aromatic N) is 4. The second-order valence-corrected chi connectivity index (χ2v) is 7.10. The fourth-order valence-corrected chi connectivity index (χ4v) is 3.22. The van der Waals surface area contributed by atoms with E-state index in [0.29, 0.717) is 17.6 Å². The maximum atomic E-state index is 9.38. The summed E-state index contributed by atoms with van der Waals surface area (Å²) >= 11 is 5.99. The van der Waals surface area contributed by atoms with Crippen LogP contribution in [-0.4, -0.2) is 42.1 Å². The Bertz CT molecular complexity index is 714. The summed E-state index contributed by atoms with van der Waals surface area (Å²) in [6, 6.07) is -0.0723. The van der Waals surface area contributed by atoms with E-state index in [2.05, 4.69) is 15.0 Å². The Hall–Kier alpha value is -1.31. The lowest BCUT2D eigenvalue weighted by atomic mass is 10.2. The number of aromatic nitrogens is 4. The highest BCUT2D eigenvalue weighted by atomic mass is 35.5. The minimum Gasteiger partial charge on any atom is -0.368 e. The van der Waals surface area contributed by atoms with Crippen LogP contribution in [0.15, 0.2) is 18.5 Å². The first-order valence-electron chi connectivity index (χ1n) is 6.18. The van der Waals surface area contributed by atoms with E-state index in [-0.39, 0.29) is 23.2 Å². The number of hydrogen-bond donors (Lipinski definition) is 3. The average Bonchev–Trinajstić information content (AvgIpc) is 2.93. The Balaban J connectivity index is 1.88. The monoisotopic (exact) mass is 330 g/mol. The third-order valence-electron chi connectivity index (χ3n) is 3.11. The molecule has 0 unspecified atom stereocenters. The van der Waals surface area contributed by atoms with Gasteiger partial charge in [0.2, 0.25) is 5.95 Å². The van der Waals surface area contributed by atoms with Gasteiger partial charge >= 0.3 is 7.94 Å². The Morgan fingerprint density at radius 1 is 1.43 bits per heavy atom. The van der Waals surface area contributed by atoms with E-state index in [4.69, 9.17) is 21.9 Å². The number of hydrogen-bond acceptors (Lipinski definition) is 7. The Morgan fingerprint density at radius 2 is 2.19 bits per heavy atom. The van der Waals surface area contributed by atoms with Crippen LogP contribution in [0.1, 0.15) is 12.5 Å². The first kappa shape index (κ1) is 14.6. The second-order valence-electron chi connectivity index (χ2n) is 4.86. The molecule has 8 nitrogen and oxygen atoms in total. The average molecular weight is 331 g/mol. The number of rotatable bonds is 3. The molecule has 112 valence electrons. The predicted molar refractivity (Wildman–Crippen MR) is 79.7 cm³/mol. The molecule has 1 aliphatic carbocycles. The Labute approximate surface area is 125 Å². The van der Waals surface area contributed by atoms with Crippen molar-refractivity contribution in [2.24, 2.45) is 0 Å². The van der Waals surface area contributed by atoms with Gasteiger partial charge in [-0.2, -0.15) is 24.3 Å². The van der Waals surface area contributed by atoms with Gasteiger partial charge < -0.3 is 10.3 Å². The lowest BCUT2D eigenvalue weighted by Crippen LogP contribution is -2.12. The van der Waals surface area contributed by atoms with Crippen LogP contribution >= 0.6 is 19.5 Å². The molecule has 0 saturated carbocycles. The summed E-state index contributed by atoms with van der Waals surface area (Å²) in [5, 5.41) is 0.204. The summed E-state index contributed by atoms with van der Waals surface area (Å²) in [6.07, 6.45) is 5.47. The first-order chi connectivity index (χ1) is 9.83. The van der Waals surface area contributed by atoms with Gasteiger partial charge in [-0.15, -0.1) is 0 Å². The molecule has 2 aromatic heterocycles. The number of halogens is 1. The van der Waals surface area contributed by atoms with Crippen LogP contribution in [0.3, 0.4) is 0 Å². The van der Waals surface area contributed by atoms with Crippen molar-refractivity contribution in [2.45, 2.75) is 18.6 Å². The molecule has 0 fully saturated rings. The molecule has 2 aromatic rings. The van der Waals surface area contributed by atoms with E-state index in [1.165, 1.54) is 6.66 Å².